The highest BCUT2D eigenvalue weighted by molar-refractivity contribution is 7.14. The summed E-state index contributed by atoms with van der Waals surface area (Å²) in [6.45, 7) is 6.59. The first-order valence-electron chi connectivity index (χ1n) is 12.6. The first kappa shape index (κ1) is 22.3. The normalized spacial score (nSPS) is 17.9. The van der Waals surface area contributed by atoms with Gasteiger partial charge in [0.05, 0.1) is 17.3 Å². The molecule has 2 N–H and O–H groups in total. The van der Waals surface area contributed by atoms with Crippen molar-refractivity contribution in [2.75, 3.05) is 36.5 Å². The molecule has 1 unspecified atom stereocenters. The summed E-state index contributed by atoms with van der Waals surface area (Å²) in [5.74, 6) is 1.57. The number of aromatic amines is 1. The quantitative estimate of drug-likeness (QED) is 0.357. The number of rotatable bonds is 6. The van der Waals surface area contributed by atoms with Crippen LogP contribution in [0.1, 0.15) is 43.2 Å². The van der Waals surface area contributed by atoms with Crippen molar-refractivity contribution in [2.24, 2.45) is 4.99 Å². The molecule has 4 heterocycles. The largest absolute Gasteiger partial charge is 0.340 e. The van der Waals surface area contributed by atoms with E-state index in [9.17, 15) is 0 Å². The summed E-state index contributed by atoms with van der Waals surface area (Å²) in [7, 11) is 0. The number of aliphatic imine (C=N–C) groups is 1. The number of aromatic nitrogens is 2. The van der Waals surface area contributed by atoms with Gasteiger partial charge in [-0.05, 0) is 66.9 Å². The molecular formula is C28H32N6S. The second-order valence-corrected chi connectivity index (χ2v) is 10.6. The monoisotopic (exact) mass is 484 g/mol. The summed E-state index contributed by atoms with van der Waals surface area (Å²) in [4.78, 5) is 10.2. The predicted molar refractivity (Wildman–Crippen MR) is 147 cm³/mol. The SMILES string of the molecule is CC(CCN1CCC(N2CN=C(Nc3ccc4cn[nH]c4c3)c3ccsc32)CC1)c1ccccc1. The van der Waals surface area contributed by atoms with Gasteiger partial charge in [-0.25, -0.2) is 4.99 Å². The number of thiophene rings is 1. The molecule has 7 heteroatoms. The van der Waals surface area contributed by atoms with Crippen molar-refractivity contribution in [2.45, 2.75) is 38.1 Å². The Labute approximate surface area is 210 Å². The Morgan fingerprint density at radius 3 is 2.83 bits per heavy atom. The van der Waals surface area contributed by atoms with Gasteiger partial charge in [-0.1, -0.05) is 37.3 Å². The van der Waals surface area contributed by atoms with Crippen LogP contribution in [-0.4, -0.2) is 53.3 Å². The van der Waals surface area contributed by atoms with Crippen LogP contribution in [0.5, 0.6) is 0 Å². The maximum absolute atomic E-state index is 4.97. The molecule has 180 valence electrons. The molecule has 0 amide bonds. The van der Waals surface area contributed by atoms with Gasteiger partial charge >= 0.3 is 0 Å². The molecule has 1 atom stereocenters. The number of amidine groups is 1. The molecule has 2 aliphatic heterocycles. The third-order valence-electron chi connectivity index (χ3n) is 7.49. The molecule has 0 radical (unpaired) electrons. The van der Waals surface area contributed by atoms with Gasteiger partial charge in [0.25, 0.3) is 0 Å². The summed E-state index contributed by atoms with van der Waals surface area (Å²) in [5.41, 5.74) is 4.73. The Balaban J connectivity index is 1.06. The molecule has 2 aromatic heterocycles. The lowest BCUT2D eigenvalue weighted by Gasteiger charge is -2.40. The third-order valence-corrected chi connectivity index (χ3v) is 8.44. The van der Waals surface area contributed by atoms with Crippen molar-refractivity contribution in [3.63, 3.8) is 0 Å². The van der Waals surface area contributed by atoms with Gasteiger partial charge in [-0.2, -0.15) is 5.10 Å². The first-order valence-corrected chi connectivity index (χ1v) is 13.5. The average molecular weight is 485 g/mol. The van der Waals surface area contributed by atoms with Gasteiger partial charge in [0, 0.05) is 30.2 Å². The van der Waals surface area contributed by atoms with Crippen LogP contribution in [0.15, 0.2) is 71.2 Å². The minimum Gasteiger partial charge on any atom is -0.340 e. The number of likely N-dealkylation sites (tertiary alicyclic amines) is 1. The van der Waals surface area contributed by atoms with Gasteiger partial charge in [0.15, 0.2) is 0 Å². The number of fused-ring (bicyclic) bond motifs is 2. The standard InChI is InChI=1S/C28H32N6S/c1-20(21-5-3-2-4-6-21)9-13-33-14-10-24(11-15-33)34-19-29-27(25-12-16-35-28(25)34)31-23-8-7-22-18-30-32-26(22)17-23/h2-8,12,16-18,20,24H,9-11,13-15,19H2,1H3,(H,29,31)(H,30,32). The molecule has 2 aliphatic rings. The third kappa shape index (κ3) is 4.70. The van der Waals surface area contributed by atoms with Crippen LogP contribution in [0, 0.1) is 0 Å². The topological polar surface area (TPSA) is 59.5 Å². The van der Waals surface area contributed by atoms with Crippen molar-refractivity contribution in [1.82, 2.24) is 15.1 Å². The smallest absolute Gasteiger partial charge is 0.137 e. The van der Waals surface area contributed by atoms with Gasteiger partial charge in [-0.3, -0.25) is 5.10 Å². The number of anilines is 2. The lowest BCUT2D eigenvalue weighted by Crippen LogP contribution is -2.47. The molecule has 0 spiro atoms. The van der Waals surface area contributed by atoms with Crippen molar-refractivity contribution in [3.8, 4) is 0 Å². The van der Waals surface area contributed by atoms with Crippen molar-refractivity contribution < 1.29 is 0 Å². The lowest BCUT2D eigenvalue weighted by molar-refractivity contribution is 0.203. The van der Waals surface area contributed by atoms with Crippen LogP contribution in [-0.2, 0) is 0 Å². The zero-order chi connectivity index (χ0) is 23.6. The Hall–Kier alpha value is -3.16. The summed E-state index contributed by atoms with van der Waals surface area (Å²) < 4.78 is 0. The van der Waals surface area contributed by atoms with Crippen LogP contribution in [0.25, 0.3) is 10.9 Å². The van der Waals surface area contributed by atoms with Crippen LogP contribution in [0.3, 0.4) is 0 Å². The van der Waals surface area contributed by atoms with E-state index in [0.29, 0.717) is 12.0 Å². The van der Waals surface area contributed by atoms with E-state index in [2.05, 4.69) is 92.2 Å². The highest BCUT2D eigenvalue weighted by Gasteiger charge is 2.30. The molecule has 6 rings (SSSR count). The van der Waals surface area contributed by atoms with E-state index < -0.39 is 0 Å². The molecule has 35 heavy (non-hydrogen) atoms. The molecule has 4 aromatic rings. The highest BCUT2D eigenvalue weighted by atomic mass is 32.1. The number of hydrogen-bond donors (Lipinski definition) is 2. The van der Waals surface area contributed by atoms with E-state index >= 15 is 0 Å². The predicted octanol–water partition coefficient (Wildman–Crippen LogP) is 5.92. The van der Waals surface area contributed by atoms with Crippen molar-refractivity contribution >= 4 is 38.8 Å². The minimum atomic E-state index is 0.557. The van der Waals surface area contributed by atoms with Crippen LogP contribution in [0.4, 0.5) is 10.7 Å². The van der Waals surface area contributed by atoms with Gasteiger partial charge < -0.3 is 15.1 Å². The number of nitrogens with zero attached hydrogens (tertiary/aromatic N) is 4. The van der Waals surface area contributed by atoms with E-state index in [0.717, 1.165) is 29.1 Å². The second-order valence-electron chi connectivity index (χ2n) is 9.73. The maximum atomic E-state index is 4.97. The molecule has 1 fully saturated rings. The summed E-state index contributed by atoms with van der Waals surface area (Å²) >= 11 is 1.83. The van der Waals surface area contributed by atoms with Crippen molar-refractivity contribution in [1.29, 1.82) is 0 Å². The van der Waals surface area contributed by atoms with Crippen LogP contribution < -0.4 is 10.2 Å². The first-order chi connectivity index (χ1) is 17.2. The molecular weight excluding hydrogens is 452 g/mol. The van der Waals surface area contributed by atoms with Crippen LogP contribution in [0.2, 0.25) is 0 Å². The van der Waals surface area contributed by atoms with Gasteiger partial charge in [-0.15, -0.1) is 11.3 Å². The van der Waals surface area contributed by atoms with E-state index in [4.69, 9.17) is 4.99 Å². The lowest BCUT2D eigenvalue weighted by atomic mass is 9.96. The van der Waals surface area contributed by atoms with Gasteiger partial charge in [0.2, 0.25) is 0 Å². The minimum absolute atomic E-state index is 0.557. The number of benzene rings is 2. The molecule has 1 saturated heterocycles. The van der Waals surface area contributed by atoms with Gasteiger partial charge in [0.1, 0.15) is 17.5 Å². The number of nitrogens with one attached hydrogen (secondary N) is 2. The molecule has 0 bridgehead atoms. The van der Waals surface area contributed by atoms with E-state index in [1.165, 1.54) is 55.0 Å². The Bertz CT molecular complexity index is 1300. The second kappa shape index (κ2) is 9.84. The molecule has 6 nitrogen and oxygen atoms in total. The number of piperidine rings is 1. The van der Waals surface area contributed by atoms with E-state index in [-0.39, 0.29) is 0 Å². The fourth-order valence-corrected chi connectivity index (χ4v) is 6.29. The Kier molecular flexibility index (Phi) is 6.27. The summed E-state index contributed by atoms with van der Waals surface area (Å²) in [5, 5.41) is 15.4. The molecule has 2 aromatic carbocycles. The zero-order valence-corrected chi connectivity index (χ0v) is 21.0. The Morgan fingerprint density at radius 1 is 1.11 bits per heavy atom. The summed E-state index contributed by atoms with van der Waals surface area (Å²) in [6, 6.07) is 19.9. The van der Waals surface area contributed by atoms with Crippen LogP contribution >= 0.6 is 11.3 Å². The molecule has 0 aliphatic carbocycles. The number of H-pyrrole nitrogens is 1. The van der Waals surface area contributed by atoms with E-state index in [1.807, 2.05) is 17.5 Å². The van der Waals surface area contributed by atoms with E-state index in [1.54, 1.807) is 0 Å². The average Bonchev–Trinajstić information content (AvgIpc) is 3.58. The molecule has 0 saturated carbocycles. The number of hydrogen-bond acceptors (Lipinski definition) is 6. The zero-order valence-electron chi connectivity index (χ0n) is 20.2. The van der Waals surface area contributed by atoms with Crippen molar-refractivity contribution in [3.05, 3.63) is 77.3 Å². The maximum Gasteiger partial charge on any atom is 0.137 e. The highest BCUT2D eigenvalue weighted by Crippen LogP contribution is 2.35. The fraction of sp³-hybridized carbons (Fsp3) is 0.357. The Morgan fingerprint density at radius 2 is 1.97 bits per heavy atom. The summed E-state index contributed by atoms with van der Waals surface area (Å²) in [6.07, 6.45) is 5.47. The fourth-order valence-electron chi connectivity index (χ4n) is 5.32.